The number of nitrogens with zero attached hydrogens (tertiary/aromatic N) is 1. The Morgan fingerprint density at radius 1 is 1.45 bits per heavy atom. The van der Waals surface area contributed by atoms with E-state index in [0.29, 0.717) is 12.0 Å². The van der Waals surface area contributed by atoms with Crippen molar-refractivity contribution in [3.8, 4) is 5.75 Å². The van der Waals surface area contributed by atoms with Crippen molar-refractivity contribution < 1.29 is 23.5 Å². The summed E-state index contributed by atoms with van der Waals surface area (Å²) < 4.78 is 24.3. The lowest BCUT2D eigenvalue weighted by Gasteiger charge is -2.31. The molecule has 0 atom stereocenters. The van der Waals surface area contributed by atoms with Crippen molar-refractivity contribution in [3.05, 3.63) is 23.5 Å². The molecule has 6 heteroatoms. The molecule has 1 heterocycles. The lowest BCUT2D eigenvalue weighted by atomic mass is 10.1. The zero-order valence-electron chi connectivity index (χ0n) is 11.6. The molecule has 2 rings (SSSR count). The topological polar surface area (TPSA) is 55.8 Å². The van der Waals surface area contributed by atoms with Crippen LogP contribution >= 0.6 is 0 Å². The summed E-state index contributed by atoms with van der Waals surface area (Å²) in [6.45, 7) is 5.78. The molecule has 0 saturated heterocycles. The second-order valence-corrected chi connectivity index (χ2v) is 5.44. The maximum Gasteiger partial charge on any atom is 0.415 e. The maximum absolute atomic E-state index is 13.7. The third kappa shape index (κ3) is 2.89. The van der Waals surface area contributed by atoms with Crippen LogP contribution in [0.1, 0.15) is 31.1 Å². The Morgan fingerprint density at radius 2 is 2.15 bits per heavy atom. The van der Waals surface area contributed by atoms with Crippen molar-refractivity contribution in [3.63, 3.8) is 0 Å². The van der Waals surface area contributed by atoms with E-state index < -0.39 is 17.5 Å². The van der Waals surface area contributed by atoms with Gasteiger partial charge in [0.2, 0.25) is 0 Å². The predicted octanol–water partition coefficient (Wildman–Crippen LogP) is 2.77. The highest BCUT2D eigenvalue weighted by Gasteiger charge is 2.29. The summed E-state index contributed by atoms with van der Waals surface area (Å²) in [6.07, 6.45) is -0.161. The number of rotatable bonds is 1. The Balaban J connectivity index is 2.35. The second-order valence-electron chi connectivity index (χ2n) is 5.44. The standard InChI is InChI=1S/C14H16FNO4/c1-14(2,3)20-13(18)16-4-5-19-12-6-9(8-17)10(15)7-11(12)16/h6-8H,4-5H2,1-3H3. The number of aldehydes is 1. The van der Waals surface area contributed by atoms with Crippen molar-refractivity contribution in [1.82, 2.24) is 0 Å². The molecule has 20 heavy (non-hydrogen) atoms. The second kappa shape index (κ2) is 5.11. The molecule has 0 saturated carbocycles. The van der Waals surface area contributed by atoms with Gasteiger partial charge in [-0.1, -0.05) is 0 Å². The van der Waals surface area contributed by atoms with Crippen molar-refractivity contribution in [2.45, 2.75) is 26.4 Å². The number of hydrogen-bond acceptors (Lipinski definition) is 4. The fourth-order valence-electron chi connectivity index (χ4n) is 1.85. The lowest BCUT2D eigenvalue weighted by Crippen LogP contribution is -2.41. The van der Waals surface area contributed by atoms with E-state index in [0.717, 1.165) is 6.07 Å². The van der Waals surface area contributed by atoms with Gasteiger partial charge in [-0.15, -0.1) is 0 Å². The molecule has 1 aromatic carbocycles. The average Bonchev–Trinajstić information content (AvgIpc) is 2.35. The fourth-order valence-corrected chi connectivity index (χ4v) is 1.85. The highest BCUT2D eigenvalue weighted by atomic mass is 19.1. The average molecular weight is 281 g/mol. The first-order chi connectivity index (χ1) is 9.31. The van der Waals surface area contributed by atoms with Gasteiger partial charge in [0.1, 0.15) is 23.8 Å². The number of carbonyl (C=O) groups excluding carboxylic acids is 2. The SMILES string of the molecule is CC(C)(C)OC(=O)N1CCOc2cc(C=O)c(F)cc21. The van der Waals surface area contributed by atoms with Gasteiger partial charge >= 0.3 is 6.09 Å². The third-order valence-electron chi connectivity index (χ3n) is 2.68. The predicted molar refractivity (Wildman–Crippen MR) is 70.9 cm³/mol. The zero-order chi connectivity index (χ0) is 14.9. The Labute approximate surface area is 116 Å². The van der Waals surface area contributed by atoms with Crippen LogP contribution in [0.4, 0.5) is 14.9 Å². The zero-order valence-corrected chi connectivity index (χ0v) is 11.6. The third-order valence-corrected chi connectivity index (χ3v) is 2.68. The minimum atomic E-state index is -0.696. The molecule has 0 spiro atoms. The lowest BCUT2D eigenvalue weighted by molar-refractivity contribution is 0.0567. The van der Waals surface area contributed by atoms with Gasteiger partial charge in [0.05, 0.1) is 17.8 Å². The van der Waals surface area contributed by atoms with Crippen molar-refractivity contribution in [2.75, 3.05) is 18.1 Å². The first-order valence-corrected chi connectivity index (χ1v) is 6.24. The summed E-state index contributed by atoms with van der Waals surface area (Å²) in [6, 6.07) is 2.40. The van der Waals surface area contributed by atoms with Crippen molar-refractivity contribution >= 4 is 18.1 Å². The molecule has 1 aliphatic rings. The summed E-state index contributed by atoms with van der Waals surface area (Å²) >= 11 is 0. The molecule has 1 aliphatic heterocycles. The Kier molecular flexibility index (Phi) is 3.65. The normalized spacial score (nSPS) is 14.3. The van der Waals surface area contributed by atoms with Gasteiger partial charge in [0, 0.05) is 6.07 Å². The number of anilines is 1. The molecule has 108 valence electrons. The van der Waals surface area contributed by atoms with Crippen LogP contribution in [0.25, 0.3) is 0 Å². The van der Waals surface area contributed by atoms with E-state index in [-0.39, 0.29) is 24.4 Å². The number of ether oxygens (including phenoxy) is 2. The minimum Gasteiger partial charge on any atom is -0.490 e. The van der Waals surface area contributed by atoms with E-state index >= 15 is 0 Å². The first-order valence-electron chi connectivity index (χ1n) is 6.24. The first kappa shape index (κ1) is 14.3. The molecule has 0 radical (unpaired) electrons. The molecule has 0 fully saturated rings. The van der Waals surface area contributed by atoms with Gasteiger partial charge in [-0.3, -0.25) is 9.69 Å². The summed E-state index contributed by atoms with van der Waals surface area (Å²) in [5, 5.41) is 0. The molecule has 1 aromatic rings. The van der Waals surface area contributed by atoms with Gasteiger partial charge in [-0.05, 0) is 26.8 Å². The number of carbonyl (C=O) groups is 2. The summed E-state index contributed by atoms with van der Waals surface area (Å²) in [5.74, 6) is -0.400. The van der Waals surface area contributed by atoms with Gasteiger partial charge in [-0.2, -0.15) is 0 Å². The largest absolute Gasteiger partial charge is 0.490 e. The van der Waals surface area contributed by atoms with Crippen LogP contribution in [0.5, 0.6) is 5.75 Å². The quantitative estimate of drug-likeness (QED) is 0.743. The van der Waals surface area contributed by atoms with Crippen molar-refractivity contribution in [2.24, 2.45) is 0 Å². The fraction of sp³-hybridized carbons (Fsp3) is 0.429. The number of fused-ring (bicyclic) bond motifs is 1. The van der Waals surface area contributed by atoms with Crippen LogP contribution in [0.2, 0.25) is 0 Å². The molecule has 5 nitrogen and oxygen atoms in total. The summed E-state index contributed by atoms with van der Waals surface area (Å²) in [5.41, 5.74) is -0.472. The van der Waals surface area contributed by atoms with E-state index in [1.54, 1.807) is 20.8 Å². The van der Waals surface area contributed by atoms with Crippen LogP contribution in [0.15, 0.2) is 12.1 Å². The van der Waals surface area contributed by atoms with Gasteiger partial charge in [0.25, 0.3) is 0 Å². The number of amides is 1. The van der Waals surface area contributed by atoms with Gasteiger partial charge in [-0.25, -0.2) is 9.18 Å². The molecule has 0 bridgehead atoms. The molecule has 0 unspecified atom stereocenters. The highest BCUT2D eigenvalue weighted by molar-refractivity contribution is 5.91. The molecule has 0 N–H and O–H groups in total. The Morgan fingerprint density at radius 3 is 2.75 bits per heavy atom. The highest BCUT2D eigenvalue weighted by Crippen LogP contribution is 2.34. The van der Waals surface area contributed by atoms with Crippen LogP contribution < -0.4 is 9.64 Å². The minimum absolute atomic E-state index is 0.102. The summed E-state index contributed by atoms with van der Waals surface area (Å²) in [7, 11) is 0. The summed E-state index contributed by atoms with van der Waals surface area (Å²) in [4.78, 5) is 24.1. The van der Waals surface area contributed by atoms with Crippen LogP contribution in [-0.4, -0.2) is 31.1 Å². The van der Waals surface area contributed by atoms with Crippen molar-refractivity contribution in [1.29, 1.82) is 0 Å². The van der Waals surface area contributed by atoms with Gasteiger partial charge in [0.15, 0.2) is 6.29 Å². The Bertz CT molecular complexity index is 551. The molecular weight excluding hydrogens is 265 g/mol. The van der Waals surface area contributed by atoms with E-state index in [2.05, 4.69) is 0 Å². The van der Waals surface area contributed by atoms with E-state index in [9.17, 15) is 14.0 Å². The molecule has 1 amide bonds. The number of hydrogen-bond donors (Lipinski definition) is 0. The molecule has 0 aliphatic carbocycles. The monoisotopic (exact) mass is 281 g/mol. The number of halogens is 1. The molecule has 0 aromatic heterocycles. The molecular formula is C14H16FNO4. The van der Waals surface area contributed by atoms with Crippen LogP contribution in [0.3, 0.4) is 0 Å². The van der Waals surface area contributed by atoms with Gasteiger partial charge < -0.3 is 9.47 Å². The smallest absolute Gasteiger partial charge is 0.415 e. The Hall–Kier alpha value is -2.11. The van der Waals surface area contributed by atoms with E-state index in [4.69, 9.17) is 9.47 Å². The number of benzene rings is 1. The van der Waals surface area contributed by atoms with Crippen LogP contribution in [-0.2, 0) is 4.74 Å². The maximum atomic E-state index is 13.7. The van der Waals surface area contributed by atoms with Crippen LogP contribution in [0, 0.1) is 5.82 Å². The van der Waals surface area contributed by atoms with E-state index in [1.807, 2.05) is 0 Å². The van der Waals surface area contributed by atoms with E-state index in [1.165, 1.54) is 11.0 Å².